The molecular weight excluding hydrogens is 176 g/mol. The maximum atomic E-state index is 11.7. The van der Waals surface area contributed by atoms with Crippen LogP contribution in [0.3, 0.4) is 0 Å². The first kappa shape index (κ1) is 10.4. The average molecular weight is 188 g/mol. The standard InChI is InChI=1S/C12H12O2/c1-4-9-8(3)6-7-10(12(9)14)11(13)5-2/h4-7,10H,1-2H2,3H3. The van der Waals surface area contributed by atoms with E-state index < -0.39 is 5.92 Å². The number of carbonyl (C=O) groups excluding carboxylic acids is 2. The highest BCUT2D eigenvalue weighted by Crippen LogP contribution is 2.21. The first-order valence-electron chi connectivity index (χ1n) is 4.33. The minimum absolute atomic E-state index is 0.190. The van der Waals surface area contributed by atoms with E-state index in [0.717, 1.165) is 5.57 Å². The lowest BCUT2D eigenvalue weighted by atomic mass is 9.86. The maximum absolute atomic E-state index is 11.7. The SMILES string of the molecule is C=CC(=O)C1C=CC(C)=C(C=C)C1=O. The second-order valence-electron chi connectivity index (χ2n) is 3.11. The molecule has 0 fully saturated rings. The number of hydrogen-bond donors (Lipinski definition) is 0. The Morgan fingerprint density at radius 1 is 1.50 bits per heavy atom. The Labute approximate surface area is 83.3 Å². The molecule has 0 aliphatic heterocycles. The van der Waals surface area contributed by atoms with Crippen LogP contribution < -0.4 is 0 Å². The van der Waals surface area contributed by atoms with Gasteiger partial charge in [0.15, 0.2) is 11.6 Å². The predicted molar refractivity (Wildman–Crippen MR) is 55.7 cm³/mol. The van der Waals surface area contributed by atoms with Crippen LogP contribution in [0.15, 0.2) is 48.6 Å². The number of hydrogen-bond acceptors (Lipinski definition) is 2. The van der Waals surface area contributed by atoms with Crippen molar-refractivity contribution in [3.05, 3.63) is 48.6 Å². The van der Waals surface area contributed by atoms with Crippen molar-refractivity contribution < 1.29 is 9.59 Å². The summed E-state index contributed by atoms with van der Waals surface area (Å²) in [6.07, 6.45) is 6.04. The van der Waals surface area contributed by atoms with Crippen LogP contribution >= 0.6 is 0 Å². The number of carbonyl (C=O) groups is 2. The third kappa shape index (κ3) is 1.64. The second kappa shape index (κ2) is 4.01. The topological polar surface area (TPSA) is 34.1 Å². The molecule has 1 rings (SSSR count). The zero-order chi connectivity index (χ0) is 10.7. The molecular formula is C12H12O2. The smallest absolute Gasteiger partial charge is 0.177 e. The van der Waals surface area contributed by atoms with Crippen LogP contribution in [-0.2, 0) is 9.59 Å². The molecule has 1 aliphatic rings. The van der Waals surface area contributed by atoms with Crippen LogP contribution in [0.4, 0.5) is 0 Å². The summed E-state index contributed by atoms with van der Waals surface area (Å²) in [7, 11) is 0. The van der Waals surface area contributed by atoms with Gasteiger partial charge < -0.3 is 0 Å². The van der Waals surface area contributed by atoms with Gasteiger partial charge in [0.25, 0.3) is 0 Å². The van der Waals surface area contributed by atoms with E-state index in [1.54, 1.807) is 12.2 Å². The van der Waals surface area contributed by atoms with Gasteiger partial charge in [-0.3, -0.25) is 9.59 Å². The third-order valence-corrected chi connectivity index (χ3v) is 2.22. The van der Waals surface area contributed by atoms with E-state index in [2.05, 4.69) is 13.2 Å². The van der Waals surface area contributed by atoms with Crippen LogP contribution in [-0.4, -0.2) is 11.6 Å². The van der Waals surface area contributed by atoms with E-state index in [0.29, 0.717) is 5.57 Å². The molecule has 0 aromatic carbocycles. The van der Waals surface area contributed by atoms with Crippen LogP contribution in [0.2, 0.25) is 0 Å². The Bertz CT molecular complexity index is 370. The van der Waals surface area contributed by atoms with Gasteiger partial charge in [-0.15, -0.1) is 0 Å². The van der Waals surface area contributed by atoms with Crippen molar-refractivity contribution in [1.29, 1.82) is 0 Å². The van der Waals surface area contributed by atoms with E-state index in [1.165, 1.54) is 12.2 Å². The molecule has 72 valence electrons. The van der Waals surface area contributed by atoms with Gasteiger partial charge in [-0.25, -0.2) is 0 Å². The van der Waals surface area contributed by atoms with E-state index >= 15 is 0 Å². The number of rotatable bonds is 3. The van der Waals surface area contributed by atoms with E-state index in [9.17, 15) is 9.59 Å². The molecule has 0 N–H and O–H groups in total. The lowest BCUT2D eigenvalue weighted by molar-refractivity contribution is -0.126. The van der Waals surface area contributed by atoms with Gasteiger partial charge >= 0.3 is 0 Å². The zero-order valence-electron chi connectivity index (χ0n) is 8.12. The molecule has 14 heavy (non-hydrogen) atoms. The molecule has 0 aromatic heterocycles. The fraction of sp³-hybridized carbons (Fsp3) is 0.167. The number of allylic oxidation sites excluding steroid dienone is 6. The molecule has 1 aliphatic carbocycles. The van der Waals surface area contributed by atoms with Crippen molar-refractivity contribution in [2.24, 2.45) is 5.92 Å². The fourth-order valence-corrected chi connectivity index (χ4v) is 1.39. The lowest BCUT2D eigenvalue weighted by Gasteiger charge is -2.15. The summed E-state index contributed by atoms with van der Waals surface area (Å²) < 4.78 is 0. The normalized spacial score (nSPS) is 20.9. The van der Waals surface area contributed by atoms with Crippen LogP contribution in [0.25, 0.3) is 0 Å². The maximum Gasteiger partial charge on any atom is 0.177 e. The quantitative estimate of drug-likeness (QED) is 0.501. The van der Waals surface area contributed by atoms with Gasteiger partial charge in [0, 0.05) is 5.57 Å². The third-order valence-electron chi connectivity index (χ3n) is 2.22. The molecule has 1 atom stereocenters. The first-order valence-corrected chi connectivity index (χ1v) is 4.33. The van der Waals surface area contributed by atoms with Gasteiger partial charge in [0.2, 0.25) is 0 Å². The summed E-state index contributed by atoms with van der Waals surface area (Å²) in [5, 5.41) is 0. The highest BCUT2D eigenvalue weighted by Gasteiger charge is 2.26. The summed E-state index contributed by atoms with van der Waals surface area (Å²) >= 11 is 0. The van der Waals surface area contributed by atoms with Crippen LogP contribution in [0, 0.1) is 5.92 Å². The Morgan fingerprint density at radius 2 is 2.14 bits per heavy atom. The average Bonchev–Trinajstić information content (AvgIpc) is 2.18. The van der Waals surface area contributed by atoms with Crippen molar-refractivity contribution in [3.8, 4) is 0 Å². The van der Waals surface area contributed by atoms with Gasteiger partial charge in [0.05, 0.1) is 0 Å². The minimum Gasteiger partial charge on any atom is -0.294 e. The molecule has 2 nitrogen and oxygen atoms in total. The summed E-state index contributed by atoms with van der Waals surface area (Å²) in [6.45, 7) is 8.74. The second-order valence-corrected chi connectivity index (χ2v) is 3.11. The molecule has 0 heterocycles. The van der Waals surface area contributed by atoms with E-state index in [1.807, 2.05) is 6.92 Å². The lowest BCUT2D eigenvalue weighted by Crippen LogP contribution is -2.24. The fourth-order valence-electron chi connectivity index (χ4n) is 1.39. The van der Waals surface area contributed by atoms with E-state index in [-0.39, 0.29) is 11.6 Å². The van der Waals surface area contributed by atoms with Crippen LogP contribution in [0.5, 0.6) is 0 Å². The molecule has 0 aromatic rings. The molecule has 0 radical (unpaired) electrons. The highest BCUT2D eigenvalue weighted by molar-refractivity contribution is 6.17. The monoisotopic (exact) mass is 188 g/mol. The summed E-state index contributed by atoms with van der Waals surface area (Å²) in [6, 6.07) is 0. The van der Waals surface area contributed by atoms with Crippen molar-refractivity contribution in [3.63, 3.8) is 0 Å². The largest absolute Gasteiger partial charge is 0.294 e. The van der Waals surface area contributed by atoms with Crippen molar-refractivity contribution in [2.45, 2.75) is 6.92 Å². The molecule has 0 saturated carbocycles. The Balaban J connectivity index is 3.08. The van der Waals surface area contributed by atoms with Crippen molar-refractivity contribution in [2.75, 3.05) is 0 Å². The summed E-state index contributed by atoms with van der Waals surface area (Å²) in [5.74, 6) is -1.16. The molecule has 1 unspecified atom stereocenters. The van der Waals surface area contributed by atoms with Crippen molar-refractivity contribution >= 4 is 11.6 Å². The number of Topliss-reactive ketones (excluding diaryl/α,β-unsaturated/α-hetero) is 1. The zero-order valence-corrected chi connectivity index (χ0v) is 8.12. The Kier molecular flexibility index (Phi) is 2.97. The Hall–Kier alpha value is -1.70. The molecule has 0 saturated heterocycles. The summed E-state index contributed by atoms with van der Waals surface area (Å²) in [4.78, 5) is 23.0. The minimum atomic E-state index is -0.704. The molecule has 2 heteroatoms. The van der Waals surface area contributed by atoms with Crippen molar-refractivity contribution in [1.82, 2.24) is 0 Å². The predicted octanol–water partition coefficient (Wildman–Crippen LogP) is 2.00. The number of ketones is 2. The Morgan fingerprint density at radius 3 is 2.64 bits per heavy atom. The summed E-state index contributed by atoms with van der Waals surface area (Å²) in [5.41, 5.74) is 1.37. The molecule has 0 spiro atoms. The van der Waals surface area contributed by atoms with E-state index in [4.69, 9.17) is 0 Å². The van der Waals surface area contributed by atoms with Crippen LogP contribution in [0.1, 0.15) is 6.92 Å². The van der Waals surface area contributed by atoms with Gasteiger partial charge in [-0.2, -0.15) is 0 Å². The highest BCUT2D eigenvalue weighted by atomic mass is 16.1. The molecule has 0 amide bonds. The molecule has 0 bridgehead atoms. The van der Waals surface area contributed by atoms with Gasteiger partial charge in [-0.1, -0.05) is 31.4 Å². The van der Waals surface area contributed by atoms with Gasteiger partial charge in [0.1, 0.15) is 5.92 Å². The van der Waals surface area contributed by atoms with Gasteiger partial charge in [-0.05, 0) is 18.6 Å². The first-order chi connectivity index (χ1) is 6.61.